The summed E-state index contributed by atoms with van der Waals surface area (Å²) in [5.74, 6) is 0.499. The minimum atomic E-state index is -0.180. The fourth-order valence-electron chi connectivity index (χ4n) is 1.45. The predicted molar refractivity (Wildman–Crippen MR) is 79.4 cm³/mol. The molecule has 0 spiro atoms. The van der Waals surface area contributed by atoms with Gasteiger partial charge in [0.15, 0.2) is 5.16 Å². The lowest BCUT2D eigenvalue weighted by Gasteiger charge is -2.13. The molecule has 0 aliphatic rings. The Labute approximate surface area is 119 Å². The zero-order chi connectivity index (χ0) is 14.6. The summed E-state index contributed by atoms with van der Waals surface area (Å²) in [5, 5.41) is 3.42. The molecule has 0 saturated heterocycles. The lowest BCUT2D eigenvalue weighted by atomic mass is 10.2. The van der Waals surface area contributed by atoms with Gasteiger partial charge in [0.25, 0.3) is 0 Å². The van der Waals surface area contributed by atoms with Crippen molar-refractivity contribution in [2.45, 2.75) is 51.9 Å². The van der Waals surface area contributed by atoms with Crippen molar-refractivity contribution >= 4 is 17.7 Å². The summed E-state index contributed by atoms with van der Waals surface area (Å²) in [7, 11) is 0. The van der Waals surface area contributed by atoms with Crippen molar-refractivity contribution in [3.63, 3.8) is 0 Å². The molecule has 19 heavy (non-hydrogen) atoms. The van der Waals surface area contributed by atoms with Gasteiger partial charge in [0.05, 0.1) is 5.25 Å². The number of hydrogen-bond acceptors (Lipinski definition) is 4. The van der Waals surface area contributed by atoms with Crippen LogP contribution in [0.2, 0.25) is 0 Å². The largest absolute Gasteiger partial charge is 0.355 e. The lowest BCUT2D eigenvalue weighted by Crippen LogP contribution is -2.33. The van der Waals surface area contributed by atoms with E-state index in [4.69, 9.17) is 0 Å². The molecule has 1 heterocycles. The van der Waals surface area contributed by atoms with Crippen LogP contribution in [0.1, 0.15) is 37.7 Å². The molecule has 0 saturated carbocycles. The van der Waals surface area contributed by atoms with E-state index in [1.165, 1.54) is 11.8 Å². The van der Waals surface area contributed by atoms with Crippen LogP contribution in [-0.4, -0.2) is 27.7 Å². The quantitative estimate of drug-likeness (QED) is 0.666. The normalized spacial score (nSPS) is 12.6. The van der Waals surface area contributed by atoms with E-state index >= 15 is 0 Å². The van der Waals surface area contributed by atoms with Crippen LogP contribution in [0.4, 0.5) is 0 Å². The number of carbonyl (C=O) groups excluding carboxylic acids is 1. The van der Waals surface area contributed by atoms with Crippen LogP contribution >= 0.6 is 11.8 Å². The summed E-state index contributed by atoms with van der Waals surface area (Å²) >= 11 is 1.41. The predicted octanol–water partition coefficient (Wildman–Crippen LogP) is 2.65. The van der Waals surface area contributed by atoms with Crippen molar-refractivity contribution in [1.82, 2.24) is 15.3 Å². The van der Waals surface area contributed by atoms with Crippen LogP contribution in [-0.2, 0) is 4.79 Å². The first-order chi connectivity index (χ1) is 8.81. The number of amides is 1. The van der Waals surface area contributed by atoms with Gasteiger partial charge in [0, 0.05) is 17.9 Å². The summed E-state index contributed by atoms with van der Waals surface area (Å²) < 4.78 is 0. The maximum atomic E-state index is 11.9. The second-order valence-electron chi connectivity index (χ2n) is 5.20. The third kappa shape index (κ3) is 4.82. The Hall–Kier alpha value is -1.10. The van der Waals surface area contributed by atoms with E-state index in [1.807, 2.05) is 27.7 Å². The Morgan fingerprint density at radius 1 is 1.16 bits per heavy atom. The van der Waals surface area contributed by atoms with Crippen molar-refractivity contribution in [3.05, 3.63) is 17.0 Å². The van der Waals surface area contributed by atoms with Crippen LogP contribution in [0.25, 0.3) is 0 Å². The van der Waals surface area contributed by atoms with Gasteiger partial charge < -0.3 is 5.32 Å². The second-order valence-corrected chi connectivity index (χ2v) is 6.51. The highest BCUT2D eigenvalue weighted by atomic mass is 32.2. The van der Waals surface area contributed by atoms with E-state index in [2.05, 4.69) is 29.1 Å². The molecule has 106 valence electrons. The Morgan fingerprint density at radius 2 is 1.68 bits per heavy atom. The van der Waals surface area contributed by atoms with E-state index in [1.54, 1.807) is 0 Å². The van der Waals surface area contributed by atoms with Gasteiger partial charge in [-0.3, -0.25) is 4.79 Å². The average molecular weight is 281 g/mol. The van der Waals surface area contributed by atoms with Gasteiger partial charge in [-0.05, 0) is 39.2 Å². The molecule has 0 radical (unpaired) electrons. The first-order valence-electron chi connectivity index (χ1n) is 6.57. The minimum Gasteiger partial charge on any atom is -0.355 e. The molecule has 5 heteroatoms. The van der Waals surface area contributed by atoms with Crippen molar-refractivity contribution in [2.24, 2.45) is 5.92 Å². The van der Waals surface area contributed by atoms with Gasteiger partial charge in [-0.15, -0.1) is 0 Å². The molecule has 4 nitrogen and oxygen atoms in total. The molecule has 1 N–H and O–H groups in total. The van der Waals surface area contributed by atoms with Gasteiger partial charge in [-0.1, -0.05) is 25.6 Å². The van der Waals surface area contributed by atoms with Gasteiger partial charge >= 0.3 is 0 Å². The SMILES string of the molecule is Cc1nc(S[C@H](C)C(=O)NCC(C)C)nc(C)c1C. The monoisotopic (exact) mass is 281 g/mol. The highest BCUT2D eigenvalue weighted by Crippen LogP contribution is 2.21. The van der Waals surface area contributed by atoms with Crippen LogP contribution in [0.5, 0.6) is 0 Å². The molecule has 1 rings (SSSR count). The summed E-state index contributed by atoms with van der Waals surface area (Å²) in [6, 6.07) is 0. The summed E-state index contributed by atoms with van der Waals surface area (Å²) in [6.45, 7) is 12.7. The lowest BCUT2D eigenvalue weighted by molar-refractivity contribution is -0.120. The number of rotatable bonds is 5. The number of aromatic nitrogens is 2. The molecule has 1 aromatic rings. The number of thioether (sulfide) groups is 1. The third-order valence-electron chi connectivity index (χ3n) is 2.95. The molecule has 1 amide bonds. The molecule has 0 aliphatic carbocycles. The van der Waals surface area contributed by atoms with Gasteiger partial charge in [-0.25, -0.2) is 9.97 Å². The highest BCUT2D eigenvalue weighted by molar-refractivity contribution is 8.00. The average Bonchev–Trinajstić information content (AvgIpc) is 2.32. The topological polar surface area (TPSA) is 54.9 Å². The summed E-state index contributed by atoms with van der Waals surface area (Å²) in [6.07, 6.45) is 0. The first-order valence-corrected chi connectivity index (χ1v) is 7.45. The molecule has 0 unspecified atom stereocenters. The van der Waals surface area contributed by atoms with Crippen LogP contribution in [0.3, 0.4) is 0 Å². The van der Waals surface area contributed by atoms with Crippen molar-refractivity contribution in [3.8, 4) is 0 Å². The second kappa shape index (κ2) is 6.89. The van der Waals surface area contributed by atoms with Crippen molar-refractivity contribution in [1.29, 1.82) is 0 Å². The van der Waals surface area contributed by atoms with E-state index in [9.17, 15) is 4.79 Å². The van der Waals surface area contributed by atoms with E-state index < -0.39 is 0 Å². The van der Waals surface area contributed by atoms with Crippen LogP contribution in [0.15, 0.2) is 5.16 Å². The number of nitrogens with zero attached hydrogens (tertiary/aromatic N) is 2. The van der Waals surface area contributed by atoms with Crippen LogP contribution < -0.4 is 5.32 Å². The maximum absolute atomic E-state index is 11.9. The molecule has 0 aliphatic heterocycles. The minimum absolute atomic E-state index is 0.0400. The molecule has 0 bridgehead atoms. The molecule has 1 aromatic heterocycles. The molecule has 1 atom stereocenters. The summed E-state index contributed by atoms with van der Waals surface area (Å²) in [4.78, 5) is 20.7. The zero-order valence-corrected chi connectivity index (χ0v) is 13.4. The van der Waals surface area contributed by atoms with Gasteiger partial charge in [0.2, 0.25) is 5.91 Å². The Kier molecular flexibility index (Phi) is 5.79. The Bertz CT molecular complexity index is 437. The fourth-order valence-corrected chi connectivity index (χ4v) is 2.34. The molecular weight excluding hydrogens is 258 g/mol. The van der Waals surface area contributed by atoms with E-state index in [-0.39, 0.29) is 11.2 Å². The number of carbonyl (C=O) groups is 1. The van der Waals surface area contributed by atoms with Gasteiger partial charge in [0.1, 0.15) is 0 Å². The number of nitrogens with one attached hydrogen (secondary N) is 1. The number of aryl methyl sites for hydroxylation is 2. The standard InChI is InChI=1S/C14H23N3OS/c1-8(2)7-15-13(18)12(6)19-14-16-10(4)9(3)11(5)17-14/h8,12H,7H2,1-6H3,(H,15,18)/t12-/m1/s1. The highest BCUT2D eigenvalue weighted by Gasteiger charge is 2.16. The van der Waals surface area contributed by atoms with E-state index in [0.717, 1.165) is 17.0 Å². The smallest absolute Gasteiger partial charge is 0.233 e. The Morgan fingerprint density at radius 3 is 2.16 bits per heavy atom. The van der Waals surface area contributed by atoms with Crippen LogP contribution in [0, 0.1) is 26.7 Å². The molecule has 0 aromatic carbocycles. The molecular formula is C14H23N3OS. The maximum Gasteiger partial charge on any atom is 0.233 e. The van der Waals surface area contributed by atoms with E-state index in [0.29, 0.717) is 17.6 Å². The van der Waals surface area contributed by atoms with Crippen molar-refractivity contribution in [2.75, 3.05) is 6.54 Å². The fraction of sp³-hybridized carbons (Fsp3) is 0.643. The summed E-state index contributed by atoms with van der Waals surface area (Å²) in [5.41, 5.74) is 3.07. The first kappa shape index (κ1) is 16.0. The third-order valence-corrected chi connectivity index (χ3v) is 3.91. The number of hydrogen-bond donors (Lipinski definition) is 1. The zero-order valence-electron chi connectivity index (χ0n) is 12.6. The van der Waals surface area contributed by atoms with Crippen molar-refractivity contribution < 1.29 is 4.79 Å². The molecule has 0 fully saturated rings. The Balaban J connectivity index is 2.66. The van der Waals surface area contributed by atoms with Gasteiger partial charge in [-0.2, -0.15) is 0 Å².